The average molecular weight is 332 g/mol. The summed E-state index contributed by atoms with van der Waals surface area (Å²) in [5, 5.41) is 10.6. The van der Waals surface area contributed by atoms with Crippen molar-refractivity contribution in [3.63, 3.8) is 0 Å². The normalized spacial score (nSPS) is 17.3. The zero-order chi connectivity index (χ0) is 16.4. The Hall–Kier alpha value is -2.41. The van der Waals surface area contributed by atoms with E-state index in [0.717, 1.165) is 11.3 Å². The number of carbonyl (C=O) groups is 1. The first kappa shape index (κ1) is 15.5. The molecule has 1 aliphatic rings. The van der Waals surface area contributed by atoms with Crippen LogP contribution in [0.3, 0.4) is 0 Å². The van der Waals surface area contributed by atoms with Gasteiger partial charge in [0.1, 0.15) is 11.2 Å². The molecule has 7 heteroatoms. The van der Waals surface area contributed by atoms with Gasteiger partial charge < -0.3 is 4.90 Å². The number of nitrogens with zero attached hydrogens (tertiary/aromatic N) is 2. The molecule has 23 heavy (non-hydrogen) atoms. The number of benzene rings is 2. The zero-order valence-electron chi connectivity index (χ0n) is 12.0. The maximum atomic E-state index is 13.1. The summed E-state index contributed by atoms with van der Waals surface area (Å²) in [5.74, 6) is 0.184. The lowest BCUT2D eigenvalue weighted by Crippen LogP contribution is -2.30. The number of rotatable bonds is 3. The van der Waals surface area contributed by atoms with Gasteiger partial charge in [0.2, 0.25) is 0 Å². The van der Waals surface area contributed by atoms with Crippen LogP contribution in [0.2, 0.25) is 0 Å². The molecule has 3 rings (SSSR count). The molecule has 1 heterocycles. The number of nitro benzene ring substituents is 1. The van der Waals surface area contributed by atoms with Crippen molar-refractivity contribution < 1.29 is 14.1 Å². The van der Waals surface area contributed by atoms with Gasteiger partial charge in [-0.1, -0.05) is 18.2 Å². The van der Waals surface area contributed by atoms with E-state index in [2.05, 4.69) is 0 Å². The van der Waals surface area contributed by atoms with E-state index in [0.29, 0.717) is 6.54 Å². The van der Waals surface area contributed by atoms with E-state index in [-0.39, 0.29) is 28.3 Å². The van der Waals surface area contributed by atoms with Crippen molar-refractivity contribution in [2.45, 2.75) is 5.37 Å². The number of hydrogen-bond acceptors (Lipinski definition) is 4. The summed E-state index contributed by atoms with van der Waals surface area (Å²) in [7, 11) is 0. The molecule has 1 aliphatic heterocycles. The first-order chi connectivity index (χ1) is 11.1. The summed E-state index contributed by atoms with van der Waals surface area (Å²) >= 11 is 1.59. The molecule has 0 aliphatic carbocycles. The highest BCUT2D eigenvalue weighted by atomic mass is 32.2. The molecule has 1 amide bonds. The molecule has 0 radical (unpaired) electrons. The van der Waals surface area contributed by atoms with Gasteiger partial charge in [0.15, 0.2) is 0 Å². The lowest BCUT2D eigenvalue weighted by molar-refractivity contribution is -0.384. The monoisotopic (exact) mass is 332 g/mol. The van der Waals surface area contributed by atoms with E-state index in [1.54, 1.807) is 34.9 Å². The number of thioether (sulfide) groups is 1. The summed E-state index contributed by atoms with van der Waals surface area (Å²) in [6.07, 6.45) is 0. The minimum absolute atomic E-state index is 0.110. The molecule has 2 aromatic carbocycles. The van der Waals surface area contributed by atoms with Gasteiger partial charge in [0.25, 0.3) is 11.6 Å². The molecule has 1 fully saturated rings. The van der Waals surface area contributed by atoms with Crippen LogP contribution in [-0.2, 0) is 0 Å². The summed E-state index contributed by atoms with van der Waals surface area (Å²) in [5.41, 5.74) is 1.02. The predicted octanol–water partition coefficient (Wildman–Crippen LogP) is 3.62. The molecule has 1 saturated heterocycles. The van der Waals surface area contributed by atoms with Crippen molar-refractivity contribution in [1.29, 1.82) is 0 Å². The van der Waals surface area contributed by atoms with E-state index in [4.69, 9.17) is 0 Å². The van der Waals surface area contributed by atoms with Gasteiger partial charge in [-0.2, -0.15) is 0 Å². The maximum Gasteiger partial charge on any atom is 0.270 e. The van der Waals surface area contributed by atoms with Crippen LogP contribution in [0.25, 0.3) is 0 Å². The lowest BCUT2D eigenvalue weighted by atomic mass is 10.1. The number of carbonyl (C=O) groups excluding carboxylic acids is 1. The Balaban J connectivity index is 1.87. The van der Waals surface area contributed by atoms with Gasteiger partial charge in [0, 0.05) is 30.0 Å². The van der Waals surface area contributed by atoms with Crippen molar-refractivity contribution >= 4 is 23.4 Å². The van der Waals surface area contributed by atoms with Crippen molar-refractivity contribution in [1.82, 2.24) is 4.90 Å². The number of non-ortho nitro benzene ring substituents is 1. The molecule has 0 saturated carbocycles. The summed E-state index contributed by atoms with van der Waals surface area (Å²) in [4.78, 5) is 24.7. The lowest BCUT2D eigenvalue weighted by Gasteiger charge is -2.24. The first-order valence-corrected chi connectivity index (χ1v) is 8.03. The Labute approximate surface area is 136 Å². The molecule has 5 nitrogen and oxygen atoms in total. The fourth-order valence-corrected chi connectivity index (χ4v) is 3.76. The fourth-order valence-electron chi connectivity index (χ4n) is 2.50. The number of amides is 1. The third-order valence-electron chi connectivity index (χ3n) is 3.61. The number of hydrogen-bond donors (Lipinski definition) is 0. The Morgan fingerprint density at radius 3 is 2.70 bits per heavy atom. The molecule has 0 spiro atoms. The van der Waals surface area contributed by atoms with Crippen LogP contribution in [0.4, 0.5) is 10.1 Å². The molecule has 0 aromatic heterocycles. The van der Waals surface area contributed by atoms with Gasteiger partial charge in [-0.05, 0) is 23.8 Å². The highest BCUT2D eigenvalue weighted by molar-refractivity contribution is 7.99. The molecule has 1 atom stereocenters. The summed E-state index contributed by atoms with van der Waals surface area (Å²) in [6, 6.07) is 11.8. The molecule has 0 N–H and O–H groups in total. The molecular formula is C16H13FN2O3S. The van der Waals surface area contributed by atoms with E-state index in [1.165, 1.54) is 30.3 Å². The Kier molecular flexibility index (Phi) is 4.29. The molecule has 0 unspecified atom stereocenters. The highest BCUT2D eigenvalue weighted by Gasteiger charge is 2.31. The van der Waals surface area contributed by atoms with Crippen LogP contribution in [0.15, 0.2) is 48.5 Å². The predicted molar refractivity (Wildman–Crippen MR) is 85.7 cm³/mol. The quantitative estimate of drug-likeness (QED) is 0.636. The molecular weight excluding hydrogens is 319 g/mol. The van der Waals surface area contributed by atoms with Crippen molar-refractivity contribution in [2.75, 3.05) is 12.3 Å². The van der Waals surface area contributed by atoms with E-state index in [1.807, 2.05) is 0 Å². The van der Waals surface area contributed by atoms with Crippen LogP contribution >= 0.6 is 11.8 Å². The van der Waals surface area contributed by atoms with E-state index < -0.39 is 4.92 Å². The van der Waals surface area contributed by atoms with Crippen molar-refractivity contribution in [3.05, 3.63) is 75.6 Å². The Morgan fingerprint density at radius 2 is 2.00 bits per heavy atom. The third-order valence-corrected chi connectivity index (χ3v) is 4.87. The SMILES string of the molecule is O=C(c1cccc([N+](=O)[O-])c1)N1CCS[C@@H]1c1ccc(F)cc1. The topological polar surface area (TPSA) is 63.4 Å². The van der Waals surface area contributed by atoms with E-state index in [9.17, 15) is 19.3 Å². The second-order valence-corrected chi connectivity index (χ2v) is 6.27. The van der Waals surface area contributed by atoms with Gasteiger partial charge >= 0.3 is 0 Å². The van der Waals surface area contributed by atoms with Crippen LogP contribution in [0.1, 0.15) is 21.3 Å². The van der Waals surface area contributed by atoms with Gasteiger partial charge in [0.05, 0.1) is 4.92 Å². The third kappa shape index (κ3) is 3.19. The van der Waals surface area contributed by atoms with Crippen LogP contribution < -0.4 is 0 Å². The van der Waals surface area contributed by atoms with Crippen molar-refractivity contribution in [3.8, 4) is 0 Å². The smallest absolute Gasteiger partial charge is 0.270 e. The second-order valence-electron chi connectivity index (χ2n) is 5.08. The highest BCUT2D eigenvalue weighted by Crippen LogP contribution is 2.38. The molecule has 2 aromatic rings. The molecule has 118 valence electrons. The summed E-state index contributed by atoms with van der Waals surface area (Å²) < 4.78 is 13.1. The Bertz CT molecular complexity index is 751. The number of halogens is 1. The van der Waals surface area contributed by atoms with Crippen LogP contribution in [-0.4, -0.2) is 28.0 Å². The summed E-state index contributed by atoms with van der Waals surface area (Å²) in [6.45, 7) is 0.550. The zero-order valence-corrected chi connectivity index (χ0v) is 12.8. The standard InChI is InChI=1S/C16H13FN2O3S/c17-13-6-4-11(5-7-13)16-18(8-9-23-16)15(20)12-2-1-3-14(10-12)19(21)22/h1-7,10,16H,8-9H2/t16-/m1/s1. The van der Waals surface area contributed by atoms with Crippen LogP contribution in [0.5, 0.6) is 0 Å². The van der Waals surface area contributed by atoms with Gasteiger partial charge in [-0.25, -0.2) is 4.39 Å². The molecule has 0 bridgehead atoms. The minimum Gasteiger partial charge on any atom is -0.322 e. The fraction of sp³-hybridized carbons (Fsp3) is 0.188. The van der Waals surface area contributed by atoms with Crippen LogP contribution in [0, 0.1) is 15.9 Å². The minimum atomic E-state index is -0.521. The average Bonchev–Trinajstić information content (AvgIpc) is 3.04. The number of nitro groups is 1. The first-order valence-electron chi connectivity index (χ1n) is 6.99. The van der Waals surface area contributed by atoms with Gasteiger partial charge in [-0.3, -0.25) is 14.9 Å². The second kappa shape index (κ2) is 6.37. The Morgan fingerprint density at radius 1 is 1.26 bits per heavy atom. The van der Waals surface area contributed by atoms with Crippen molar-refractivity contribution in [2.24, 2.45) is 0 Å². The van der Waals surface area contributed by atoms with E-state index >= 15 is 0 Å². The largest absolute Gasteiger partial charge is 0.322 e. The van der Waals surface area contributed by atoms with Gasteiger partial charge in [-0.15, -0.1) is 11.8 Å². The maximum absolute atomic E-state index is 13.1.